The highest BCUT2D eigenvalue weighted by molar-refractivity contribution is 6.18. The van der Waals surface area contributed by atoms with Gasteiger partial charge >= 0.3 is 0 Å². The minimum Gasteiger partial charge on any atom is -0.454 e. The first-order valence-corrected chi connectivity index (χ1v) is 18.5. The number of rotatable bonds is 3. The molecule has 0 saturated carbocycles. The van der Waals surface area contributed by atoms with Gasteiger partial charge in [0, 0.05) is 49.2 Å². The van der Waals surface area contributed by atoms with E-state index in [2.05, 4.69) is 175 Å². The molecular weight excluding hydrogens is 661 g/mol. The van der Waals surface area contributed by atoms with Crippen LogP contribution in [-0.4, -0.2) is 19.1 Å². The number of aromatic nitrogens is 4. The second-order valence-corrected chi connectivity index (χ2v) is 15.0. The Balaban J connectivity index is 1.08. The number of nitrogens with zero attached hydrogens (tertiary/aromatic N) is 4. The number of hydrogen-bond donors (Lipinski definition) is 0. The lowest BCUT2D eigenvalue weighted by Crippen LogP contribution is -2.26. The Hall–Kier alpha value is -6.98. The van der Waals surface area contributed by atoms with E-state index in [4.69, 9.17) is 14.4 Å². The standard InChI is InChI=1S/C49H32N4O/c1-49(2)37-19-12-18-35-45(37)53(46-34-17-8-11-22-43(34)54-47(35)46)42-26-23-29(28-38(42)49)44-33-16-6-9-20-39(33)50-48(51-44)30-24-25-41-36(27-30)32-15-7-10-21-40(32)52(41)31-13-4-3-5-14-31/h3-28H,1-2H3. The summed E-state index contributed by atoms with van der Waals surface area (Å²) in [5, 5.41) is 5.69. The van der Waals surface area contributed by atoms with Gasteiger partial charge in [0.1, 0.15) is 11.1 Å². The van der Waals surface area contributed by atoms with Crippen LogP contribution in [0.1, 0.15) is 25.0 Å². The zero-order valence-electron chi connectivity index (χ0n) is 29.7. The van der Waals surface area contributed by atoms with Crippen molar-refractivity contribution >= 4 is 65.7 Å². The predicted octanol–water partition coefficient (Wildman–Crippen LogP) is 12.5. The van der Waals surface area contributed by atoms with E-state index in [1.165, 1.54) is 38.6 Å². The molecule has 4 aromatic heterocycles. The van der Waals surface area contributed by atoms with Gasteiger partial charge in [0.15, 0.2) is 11.4 Å². The molecule has 0 aliphatic carbocycles. The molecular formula is C49H32N4O. The fourth-order valence-electron chi connectivity index (χ4n) is 9.18. The van der Waals surface area contributed by atoms with Crippen molar-refractivity contribution < 1.29 is 4.42 Å². The Morgan fingerprint density at radius 1 is 0.500 bits per heavy atom. The van der Waals surface area contributed by atoms with Gasteiger partial charge in [-0.3, -0.25) is 0 Å². The van der Waals surface area contributed by atoms with E-state index in [0.717, 1.165) is 66.4 Å². The second kappa shape index (κ2) is 10.6. The van der Waals surface area contributed by atoms with Crippen LogP contribution >= 0.6 is 0 Å². The summed E-state index contributed by atoms with van der Waals surface area (Å²) in [6.45, 7) is 4.68. The molecule has 5 nitrogen and oxygen atoms in total. The smallest absolute Gasteiger partial charge is 0.161 e. The van der Waals surface area contributed by atoms with E-state index < -0.39 is 0 Å². The Kier molecular flexibility index (Phi) is 5.78. The molecule has 12 rings (SSSR count). The first-order valence-electron chi connectivity index (χ1n) is 18.5. The van der Waals surface area contributed by atoms with E-state index in [-0.39, 0.29) is 5.41 Å². The minimum atomic E-state index is -0.268. The molecule has 5 heteroatoms. The summed E-state index contributed by atoms with van der Waals surface area (Å²) in [5.74, 6) is 0.711. The van der Waals surface area contributed by atoms with Crippen molar-refractivity contribution in [2.75, 3.05) is 0 Å². The van der Waals surface area contributed by atoms with Crippen LogP contribution in [0.5, 0.6) is 0 Å². The van der Waals surface area contributed by atoms with Crippen molar-refractivity contribution in [2.24, 2.45) is 0 Å². The van der Waals surface area contributed by atoms with E-state index in [0.29, 0.717) is 5.82 Å². The summed E-state index contributed by atoms with van der Waals surface area (Å²) in [5.41, 5.74) is 15.0. The lowest BCUT2D eigenvalue weighted by atomic mass is 9.74. The van der Waals surface area contributed by atoms with Gasteiger partial charge in [-0.05, 0) is 83.9 Å². The quantitative estimate of drug-likeness (QED) is 0.185. The summed E-state index contributed by atoms with van der Waals surface area (Å²) in [6.07, 6.45) is 0. The third-order valence-corrected chi connectivity index (χ3v) is 11.7. The van der Waals surface area contributed by atoms with E-state index in [1.807, 2.05) is 6.07 Å². The van der Waals surface area contributed by atoms with Gasteiger partial charge in [-0.25, -0.2) is 9.97 Å². The summed E-state index contributed by atoms with van der Waals surface area (Å²) in [4.78, 5) is 10.6. The fourth-order valence-corrected chi connectivity index (χ4v) is 9.18. The Morgan fingerprint density at radius 2 is 1.22 bits per heavy atom. The Bertz CT molecular complexity index is 3360. The number of benzene rings is 7. The molecule has 5 heterocycles. The van der Waals surface area contributed by atoms with Gasteiger partial charge in [0.05, 0.1) is 33.4 Å². The molecule has 54 heavy (non-hydrogen) atoms. The third kappa shape index (κ3) is 3.88. The van der Waals surface area contributed by atoms with E-state index >= 15 is 0 Å². The van der Waals surface area contributed by atoms with Crippen LogP contribution in [0.2, 0.25) is 0 Å². The fraction of sp³-hybridized carbons (Fsp3) is 0.0612. The molecule has 1 aliphatic heterocycles. The summed E-state index contributed by atoms with van der Waals surface area (Å²) < 4.78 is 11.3. The van der Waals surface area contributed by atoms with Gasteiger partial charge in [0.2, 0.25) is 0 Å². The summed E-state index contributed by atoms with van der Waals surface area (Å²) >= 11 is 0. The minimum absolute atomic E-state index is 0.268. The lowest BCUT2D eigenvalue weighted by molar-refractivity contribution is 0.630. The zero-order valence-corrected chi connectivity index (χ0v) is 29.7. The van der Waals surface area contributed by atoms with Crippen molar-refractivity contribution in [3.8, 4) is 34.0 Å². The van der Waals surface area contributed by atoms with Crippen LogP contribution < -0.4 is 0 Å². The normalized spacial score (nSPS) is 13.5. The second-order valence-electron chi connectivity index (χ2n) is 15.0. The van der Waals surface area contributed by atoms with Gasteiger partial charge in [-0.2, -0.15) is 0 Å². The van der Waals surface area contributed by atoms with Crippen molar-refractivity contribution in [3.63, 3.8) is 0 Å². The third-order valence-electron chi connectivity index (χ3n) is 11.7. The largest absolute Gasteiger partial charge is 0.454 e. The molecule has 0 fully saturated rings. The van der Waals surface area contributed by atoms with Crippen molar-refractivity contribution in [1.82, 2.24) is 19.1 Å². The molecule has 0 N–H and O–H groups in total. The van der Waals surface area contributed by atoms with Gasteiger partial charge in [0.25, 0.3) is 0 Å². The Labute approximate surface area is 310 Å². The maximum absolute atomic E-state index is 6.55. The molecule has 0 amide bonds. The van der Waals surface area contributed by atoms with Crippen molar-refractivity contribution in [3.05, 3.63) is 169 Å². The van der Waals surface area contributed by atoms with E-state index in [9.17, 15) is 0 Å². The number of furan rings is 1. The molecule has 0 spiro atoms. The van der Waals surface area contributed by atoms with Crippen molar-refractivity contribution in [1.29, 1.82) is 0 Å². The Morgan fingerprint density at radius 3 is 2.11 bits per heavy atom. The zero-order chi connectivity index (χ0) is 35.7. The highest BCUT2D eigenvalue weighted by atomic mass is 16.3. The molecule has 0 atom stereocenters. The molecule has 254 valence electrons. The molecule has 7 aromatic carbocycles. The number of fused-ring (bicyclic) bond motifs is 11. The van der Waals surface area contributed by atoms with Crippen LogP contribution in [-0.2, 0) is 5.41 Å². The maximum atomic E-state index is 6.55. The van der Waals surface area contributed by atoms with Crippen LogP contribution in [0.15, 0.2) is 162 Å². The summed E-state index contributed by atoms with van der Waals surface area (Å²) in [7, 11) is 0. The first-order chi connectivity index (χ1) is 26.5. The van der Waals surface area contributed by atoms with Gasteiger partial charge in [-0.15, -0.1) is 0 Å². The monoisotopic (exact) mass is 692 g/mol. The van der Waals surface area contributed by atoms with Gasteiger partial charge < -0.3 is 13.6 Å². The lowest BCUT2D eigenvalue weighted by Gasteiger charge is -2.35. The molecule has 0 radical (unpaired) electrons. The molecule has 0 saturated heterocycles. The van der Waals surface area contributed by atoms with Crippen LogP contribution in [0, 0.1) is 0 Å². The van der Waals surface area contributed by atoms with Crippen LogP contribution in [0.25, 0.3) is 99.7 Å². The highest BCUT2D eigenvalue weighted by Gasteiger charge is 2.37. The number of hydrogen-bond acceptors (Lipinski definition) is 3. The number of para-hydroxylation sites is 5. The van der Waals surface area contributed by atoms with E-state index in [1.54, 1.807) is 0 Å². The summed E-state index contributed by atoms with van der Waals surface area (Å²) in [6, 6.07) is 56.1. The van der Waals surface area contributed by atoms with Crippen LogP contribution in [0.3, 0.4) is 0 Å². The van der Waals surface area contributed by atoms with Crippen molar-refractivity contribution in [2.45, 2.75) is 19.3 Å². The predicted molar refractivity (Wildman–Crippen MR) is 221 cm³/mol. The van der Waals surface area contributed by atoms with Crippen LogP contribution in [0.4, 0.5) is 0 Å². The highest BCUT2D eigenvalue weighted by Crippen LogP contribution is 2.50. The molecule has 0 unspecified atom stereocenters. The topological polar surface area (TPSA) is 48.8 Å². The molecule has 0 bridgehead atoms. The molecule has 1 aliphatic rings. The maximum Gasteiger partial charge on any atom is 0.161 e. The SMILES string of the molecule is CC1(C)c2cc(-c3nc(-c4ccc5c(c4)c4ccccc4n5-c4ccccc4)nc4ccccc34)ccc2-n2c3c1cccc3c1oc3ccccc3c12. The average molecular weight is 693 g/mol. The average Bonchev–Trinajstić information content (AvgIpc) is 3.87. The molecule has 11 aromatic rings. The first kappa shape index (κ1) is 29.6. The van der Waals surface area contributed by atoms with Gasteiger partial charge in [-0.1, -0.05) is 98.8 Å².